The summed E-state index contributed by atoms with van der Waals surface area (Å²) in [7, 11) is 1.85. The van der Waals surface area contributed by atoms with Crippen molar-refractivity contribution in [3.63, 3.8) is 0 Å². The molecule has 4 nitrogen and oxygen atoms in total. The van der Waals surface area contributed by atoms with Crippen molar-refractivity contribution in [1.29, 1.82) is 0 Å². The van der Waals surface area contributed by atoms with E-state index in [0.717, 1.165) is 0 Å². The zero-order chi connectivity index (χ0) is 9.19. The molecule has 0 unspecified atom stereocenters. The van der Waals surface area contributed by atoms with E-state index in [0.29, 0.717) is 6.42 Å². The maximum absolute atomic E-state index is 9.54. The lowest BCUT2D eigenvalue weighted by atomic mass is 9.91. The van der Waals surface area contributed by atoms with E-state index < -0.39 is 11.7 Å². The Hall–Kier alpha value is -0.0951. The molecule has 1 rings (SSSR count). The Bertz CT molecular complexity index is 154. The first-order valence-electron chi connectivity index (χ1n) is 4.22. The molecule has 0 bridgehead atoms. The SMILES string of the molecule is B[C@H]1C[C@H](O)[C@](CO)(CCO)O1. The fourth-order valence-corrected chi connectivity index (χ4v) is 1.69. The largest absolute Gasteiger partial charge is 0.396 e. The third-order valence-corrected chi connectivity index (χ3v) is 2.40. The summed E-state index contributed by atoms with van der Waals surface area (Å²) in [6, 6.07) is -0.0429. The Kier molecular flexibility index (Phi) is 3.12. The van der Waals surface area contributed by atoms with Crippen molar-refractivity contribution >= 4 is 7.85 Å². The first kappa shape index (κ1) is 9.99. The molecule has 0 aromatic rings. The van der Waals surface area contributed by atoms with Crippen molar-refractivity contribution in [2.45, 2.75) is 30.5 Å². The molecule has 5 heteroatoms. The molecule has 0 aromatic heterocycles. The standard InChI is InChI=1S/C7H15BO4/c8-6-3-5(11)7(4-10,12-6)1-2-9/h5-6,9-11H,1-4,8H2/t5-,6+,7+/m0/s1. The average molecular weight is 174 g/mol. The topological polar surface area (TPSA) is 69.9 Å². The molecular weight excluding hydrogens is 159 g/mol. The van der Waals surface area contributed by atoms with Gasteiger partial charge in [-0.2, -0.15) is 0 Å². The van der Waals surface area contributed by atoms with Crippen LogP contribution in [-0.4, -0.2) is 54.1 Å². The van der Waals surface area contributed by atoms with Crippen LogP contribution in [0.15, 0.2) is 0 Å². The van der Waals surface area contributed by atoms with Crippen molar-refractivity contribution in [3.05, 3.63) is 0 Å². The average Bonchev–Trinajstić information content (AvgIpc) is 2.28. The summed E-state index contributed by atoms with van der Waals surface area (Å²) < 4.78 is 5.39. The number of ether oxygens (including phenoxy) is 1. The van der Waals surface area contributed by atoms with Crippen molar-refractivity contribution in [2.24, 2.45) is 0 Å². The van der Waals surface area contributed by atoms with Crippen LogP contribution in [0.5, 0.6) is 0 Å². The van der Waals surface area contributed by atoms with Crippen molar-refractivity contribution in [1.82, 2.24) is 0 Å². The number of hydrogen-bond acceptors (Lipinski definition) is 4. The Labute approximate surface area is 72.6 Å². The van der Waals surface area contributed by atoms with Gasteiger partial charge in [-0.25, -0.2) is 0 Å². The van der Waals surface area contributed by atoms with Gasteiger partial charge in [0, 0.05) is 19.0 Å². The van der Waals surface area contributed by atoms with E-state index in [1.165, 1.54) is 0 Å². The van der Waals surface area contributed by atoms with Crippen LogP contribution in [-0.2, 0) is 4.74 Å². The highest BCUT2D eigenvalue weighted by molar-refractivity contribution is 6.11. The molecule has 1 heterocycles. The molecule has 1 aliphatic heterocycles. The van der Waals surface area contributed by atoms with Gasteiger partial charge >= 0.3 is 0 Å². The fourth-order valence-electron chi connectivity index (χ4n) is 1.69. The van der Waals surface area contributed by atoms with E-state index in [9.17, 15) is 5.11 Å². The summed E-state index contributed by atoms with van der Waals surface area (Å²) in [5.74, 6) is 0. The number of rotatable bonds is 3. The van der Waals surface area contributed by atoms with Crippen molar-refractivity contribution in [3.8, 4) is 0 Å². The van der Waals surface area contributed by atoms with Crippen molar-refractivity contribution in [2.75, 3.05) is 13.2 Å². The second-order valence-corrected chi connectivity index (χ2v) is 3.38. The maximum atomic E-state index is 9.54. The van der Waals surface area contributed by atoms with Gasteiger partial charge in [0.2, 0.25) is 0 Å². The van der Waals surface area contributed by atoms with Gasteiger partial charge in [-0.1, -0.05) is 0 Å². The van der Waals surface area contributed by atoms with Gasteiger partial charge in [0.15, 0.2) is 0 Å². The van der Waals surface area contributed by atoms with E-state index in [2.05, 4.69) is 0 Å². The molecule has 3 atom stereocenters. The van der Waals surface area contributed by atoms with Crippen LogP contribution >= 0.6 is 0 Å². The molecule has 1 fully saturated rings. The molecule has 3 N–H and O–H groups in total. The normalized spacial score (nSPS) is 41.9. The third-order valence-electron chi connectivity index (χ3n) is 2.40. The molecule has 0 aliphatic carbocycles. The predicted octanol–water partition coefficient (Wildman–Crippen LogP) is -2.16. The molecule has 12 heavy (non-hydrogen) atoms. The summed E-state index contributed by atoms with van der Waals surface area (Å²) in [6.45, 7) is -0.316. The highest BCUT2D eigenvalue weighted by atomic mass is 16.5. The molecule has 1 saturated heterocycles. The maximum Gasteiger partial charge on any atom is 0.139 e. The summed E-state index contributed by atoms with van der Waals surface area (Å²) in [5.41, 5.74) is -0.922. The van der Waals surface area contributed by atoms with Gasteiger partial charge in [0.05, 0.1) is 12.7 Å². The zero-order valence-electron chi connectivity index (χ0n) is 7.23. The smallest absolute Gasteiger partial charge is 0.139 e. The zero-order valence-corrected chi connectivity index (χ0v) is 7.23. The van der Waals surface area contributed by atoms with Crippen LogP contribution in [0.2, 0.25) is 0 Å². The molecule has 0 saturated carbocycles. The quantitative estimate of drug-likeness (QED) is 0.426. The Morgan fingerprint density at radius 3 is 2.50 bits per heavy atom. The second kappa shape index (κ2) is 3.74. The van der Waals surface area contributed by atoms with Crippen LogP contribution in [0.1, 0.15) is 12.8 Å². The number of aliphatic hydroxyl groups is 3. The summed E-state index contributed by atoms with van der Waals surface area (Å²) in [4.78, 5) is 0. The van der Waals surface area contributed by atoms with Crippen molar-refractivity contribution < 1.29 is 20.1 Å². The monoisotopic (exact) mass is 174 g/mol. The highest BCUT2D eigenvalue weighted by Crippen LogP contribution is 2.31. The molecule has 0 radical (unpaired) electrons. The molecule has 70 valence electrons. The lowest BCUT2D eigenvalue weighted by Gasteiger charge is -2.29. The van der Waals surface area contributed by atoms with E-state index in [4.69, 9.17) is 14.9 Å². The van der Waals surface area contributed by atoms with Crippen LogP contribution in [0, 0.1) is 0 Å². The van der Waals surface area contributed by atoms with Gasteiger partial charge in [-0.05, 0) is 6.42 Å². The molecular formula is C7H15BO4. The fraction of sp³-hybridized carbons (Fsp3) is 1.00. The van der Waals surface area contributed by atoms with Crippen LogP contribution in [0.3, 0.4) is 0 Å². The van der Waals surface area contributed by atoms with Gasteiger partial charge in [-0.15, -0.1) is 0 Å². The lowest BCUT2D eigenvalue weighted by Crippen LogP contribution is -2.44. The highest BCUT2D eigenvalue weighted by Gasteiger charge is 2.45. The minimum atomic E-state index is -0.922. The minimum Gasteiger partial charge on any atom is -0.396 e. The molecule has 0 spiro atoms. The number of hydrogen-bond donors (Lipinski definition) is 3. The lowest BCUT2D eigenvalue weighted by molar-refractivity contribution is -0.108. The predicted molar refractivity (Wildman–Crippen MR) is 45.6 cm³/mol. The minimum absolute atomic E-state index is 0.0429. The Morgan fingerprint density at radius 2 is 2.17 bits per heavy atom. The van der Waals surface area contributed by atoms with Gasteiger partial charge in [0.1, 0.15) is 13.4 Å². The van der Waals surface area contributed by atoms with Gasteiger partial charge in [-0.3, -0.25) is 0 Å². The van der Waals surface area contributed by atoms with E-state index in [-0.39, 0.29) is 25.6 Å². The molecule has 0 amide bonds. The van der Waals surface area contributed by atoms with Crippen LogP contribution in [0.4, 0.5) is 0 Å². The number of aliphatic hydroxyl groups excluding tert-OH is 3. The van der Waals surface area contributed by atoms with E-state index >= 15 is 0 Å². The van der Waals surface area contributed by atoms with E-state index in [1.807, 2.05) is 7.85 Å². The van der Waals surface area contributed by atoms with Crippen LogP contribution in [0.25, 0.3) is 0 Å². The Balaban J connectivity index is 2.65. The second-order valence-electron chi connectivity index (χ2n) is 3.38. The summed E-state index contributed by atoms with van der Waals surface area (Å²) in [5, 5.41) is 27.3. The van der Waals surface area contributed by atoms with E-state index in [1.54, 1.807) is 0 Å². The van der Waals surface area contributed by atoms with Gasteiger partial charge in [0.25, 0.3) is 0 Å². The van der Waals surface area contributed by atoms with Gasteiger partial charge < -0.3 is 20.1 Å². The Morgan fingerprint density at radius 1 is 1.50 bits per heavy atom. The third kappa shape index (κ3) is 1.64. The summed E-state index contributed by atoms with van der Waals surface area (Å²) >= 11 is 0. The molecule has 0 aromatic carbocycles. The molecule has 1 aliphatic rings. The van der Waals surface area contributed by atoms with Crippen LogP contribution < -0.4 is 0 Å². The first-order valence-corrected chi connectivity index (χ1v) is 4.22. The first-order chi connectivity index (χ1) is 5.64. The summed E-state index contributed by atoms with van der Waals surface area (Å²) in [6.07, 6.45) is 0.153.